The number of hydrogen-bond acceptors (Lipinski definition) is 2. The van der Waals surface area contributed by atoms with Crippen LogP contribution in [0, 0.1) is 0 Å². The molecule has 6 aromatic carbocycles. The van der Waals surface area contributed by atoms with Crippen LogP contribution in [0.5, 0.6) is 0 Å². The zero-order valence-corrected chi connectivity index (χ0v) is 21.8. The Morgan fingerprint density at radius 1 is 0.275 bits per heavy atom. The van der Waals surface area contributed by atoms with E-state index in [9.17, 15) is 0 Å². The van der Waals surface area contributed by atoms with E-state index in [1.165, 1.54) is 27.1 Å². The van der Waals surface area contributed by atoms with Crippen LogP contribution in [0.15, 0.2) is 146 Å². The molecule has 0 N–H and O–H groups in total. The van der Waals surface area contributed by atoms with Crippen molar-refractivity contribution in [3.63, 3.8) is 0 Å². The second kappa shape index (κ2) is 9.14. The molecule has 0 aliphatic rings. The third kappa shape index (κ3) is 3.98. The number of fused-ring (bicyclic) bond motifs is 4. The average Bonchev–Trinajstić information content (AvgIpc) is 3.02. The molecule has 186 valence electrons. The van der Waals surface area contributed by atoms with Gasteiger partial charge in [-0.25, -0.2) is 9.97 Å². The fourth-order valence-corrected chi connectivity index (χ4v) is 5.67. The van der Waals surface area contributed by atoms with Gasteiger partial charge >= 0.3 is 0 Å². The lowest BCUT2D eigenvalue weighted by Crippen LogP contribution is -1.91. The topological polar surface area (TPSA) is 25.8 Å². The number of rotatable bonds is 3. The van der Waals surface area contributed by atoms with Crippen molar-refractivity contribution in [2.24, 2.45) is 0 Å². The van der Waals surface area contributed by atoms with E-state index in [0.717, 1.165) is 49.9 Å². The third-order valence-electron chi connectivity index (χ3n) is 7.74. The summed E-state index contributed by atoms with van der Waals surface area (Å²) in [7, 11) is 0. The fourth-order valence-electron chi connectivity index (χ4n) is 5.67. The van der Waals surface area contributed by atoms with Crippen molar-refractivity contribution in [2.45, 2.75) is 0 Å². The van der Waals surface area contributed by atoms with Gasteiger partial charge in [0.25, 0.3) is 0 Å². The average molecular weight is 509 g/mol. The quantitative estimate of drug-likeness (QED) is 0.222. The van der Waals surface area contributed by atoms with Gasteiger partial charge in [-0.1, -0.05) is 91.0 Å². The summed E-state index contributed by atoms with van der Waals surface area (Å²) < 4.78 is 0. The Bertz CT molecular complexity index is 2080. The molecule has 40 heavy (non-hydrogen) atoms. The van der Waals surface area contributed by atoms with Crippen LogP contribution in [0.25, 0.3) is 77.0 Å². The monoisotopic (exact) mass is 508 g/mol. The van der Waals surface area contributed by atoms with Gasteiger partial charge in [0, 0.05) is 21.9 Å². The van der Waals surface area contributed by atoms with E-state index in [-0.39, 0.29) is 0 Å². The first-order valence-electron chi connectivity index (χ1n) is 13.6. The van der Waals surface area contributed by atoms with Gasteiger partial charge in [0.15, 0.2) is 0 Å². The first kappa shape index (κ1) is 22.6. The minimum Gasteiger partial charge on any atom is -0.248 e. The van der Waals surface area contributed by atoms with Gasteiger partial charge in [-0.15, -0.1) is 0 Å². The van der Waals surface area contributed by atoms with E-state index < -0.39 is 0 Å². The summed E-state index contributed by atoms with van der Waals surface area (Å²) >= 11 is 0. The maximum Gasteiger partial charge on any atom is 0.0715 e. The van der Waals surface area contributed by atoms with Crippen LogP contribution in [-0.4, -0.2) is 9.97 Å². The largest absolute Gasteiger partial charge is 0.248 e. The summed E-state index contributed by atoms with van der Waals surface area (Å²) in [5.74, 6) is 0. The highest BCUT2D eigenvalue weighted by Gasteiger charge is 2.11. The van der Waals surface area contributed by atoms with Crippen molar-refractivity contribution in [3.05, 3.63) is 146 Å². The molecule has 0 radical (unpaired) electrons. The summed E-state index contributed by atoms with van der Waals surface area (Å²) in [4.78, 5) is 10.3. The molecule has 0 fully saturated rings. The fraction of sp³-hybridized carbons (Fsp3) is 0. The Morgan fingerprint density at radius 2 is 0.700 bits per heavy atom. The predicted octanol–water partition coefficient (Wildman–Crippen LogP) is 10.1. The van der Waals surface area contributed by atoms with Gasteiger partial charge in [-0.05, 0) is 87.3 Å². The molecule has 8 aromatic rings. The molecule has 2 heterocycles. The Kier molecular flexibility index (Phi) is 5.17. The van der Waals surface area contributed by atoms with Gasteiger partial charge in [-0.3, -0.25) is 0 Å². The highest BCUT2D eigenvalue weighted by Crippen LogP contribution is 2.34. The van der Waals surface area contributed by atoms with E-state index in [1.54, 1.807) is 0 Å². The maximum atomic E-state index is 5.13. The van der Waals surface area contributed by atoms with Crippen molar-refractivity contribution in [3.8, 4) is 33.6 Å². The van der Waals surface area contributed by atoms with Crippen LogP contribution >= 0.6 is 0 Å². The summed E-state index contributed by atoms with van der Waals surface area (Å²) in [5, 5.41) is 7.15. The van der Waals surface area contributed by atoms with Gasteiger partial charge in [-0.2, -0.15) is 0 Å². The molecule has 0 bridgehead atoms. The maximum absolute atomic E-state index is 5.13. The van der Waals surface area contributed by atoms with E-state index in [4.69, 9.17) is 9.97 Å². The zero-order chi connectivity index (χ0) is 26.5. The van der Waals surface area contributed by atoms with Crippen LogP contribution in [-0.2, 0) is 0 Å². The van der Waals surface area contributed by atoms with Crippen LogP contribution < -0.4 is 0 Å². The molecular formula is C38H24N2. The number of hydrogen-bond donors (Lipinski definition) is 0. The van der Waals surface area contributed by atoms with Crippen LogP contribution in [0.3, 0.4) is 0 Å². The Balaban J connectivity index is 1.31. The minimum atomic E-state index is 0.952. The van der Waals surface area contributed by atoms with Crippen molar-refractivity contribution in [1.82, 2.24) is 9.97 Å². The highest BCUT2D eigenvalue weighted by molar-refractivity contribution is 5.98. The van der Waals surface area contributed by atoms with Crippen LogP contribution in [0.1, 0.15) is 0 Å². The molecule has 0 aliphatic heterocycles. The molecule has 8 rings (SSSR count). The van der Waals surface area contributed by atoms with Gasteiger partial charge in [0.05, 0.1) is 22.4 Å². The first-order chi connectivity index (χ1) is 19.8. The van der Waals surface area contributed by atoms with E-state index >= 15 is 0 Å². The summed E-state index contributed by atoms with van der Waals surface area (Å²) in [6.45, 7) is 0. The van der Waals surface area contributed by atoms with Gasteiger partial charge in [0.1, 0.15) is 0 Å². The first-order valence-corrected chi connectivity index (χ1v) is 13.6. The third-order valence-corrected chi connectivity index (χ3v) is 7.74. The van der Waals surface area contributed by atoms with E-state index in [0.29, 0.717) is 0 Å². The molecule has 2 nitrogen and oxygen atoms in total. The van der Waals surface area contributed by atoms with Gasteiger partial charge < -0.3 is 0 Å². The normalized spacial score (nSPS) is 11.5. The summed E-state index contributed by atoms with van der Waals surface area (Å²) in [6, 6.07) is 51.6. The SMILES string of the molecule is c1ccc(-c2cc(-c3ccc4cc5ccccc5cc4n3)cc(-c3ccc4cc5ccccc5cc4n3)c2)cc1. The highest BCUT2D eigenvalue weighted by atomic mass is 14.7. The molecule has 0 atom stereocenters. The molecule has 0 aliphatic carbocycles. The van der Waals surface area contributed by atoms with Gasteiger partial charge in [0.2, 0.25) is 0 Å². The number of pyridine rings is 2. The molecule has 0 unspecified atom stereocenters. The molecule has 2 aromatic heterocycles. The Labute approximate surface area is 232 Å². The van der Waals surface area contributed by atoms with E-state index in [2.05, 4.69) is 146 Å². The molecule has 0 spiro atoms. The lowest BCUT2D eigenvalue weighted by Gasteiger charge is -2.12. The standard InChI is InChI=1S/C38H24N2/c1-2-8-25(9-3-1)32-20-33(35-16-14-30-18-26-10-4-6-12-28(26)23-37(30)39-35)22-34(21-32)36-17-15-31-19-27-11-5-7-13-29(27)24-38(31)40-36/h1-24H. The molecule has 0 saturated carbocycles. The minimum absolute atomic E-state index is 0.952. The number of aromatic nitrogens is 2. The van der Waals surface area contributed by atoms with Crippen LogP contribution in [0.2, 0.25) is 0 Å². The Morgan fingerprint density at radius 3 is 1.20 bits per heavy atom. The molecule has 0 amide bonds. The van der Waals surface area contributed by atoms with Crippen molar-refractivity contribution in [1.29, 1.82) is 0 Å². The van der Waals surface area contributed by atoms with Crippen molar-refractivity contribution in [2.75, 3.05) is 0 Å². The summed E-state index contributed by atoms with van der Waals surface area (Å²) in [5.41, 5.74) is 8.37. The number of benzene rings is 6. The molecule has 2 heteroatoms. The molecular weight excluding hydrogens is 484 g/mol. The predicted molar refractivity (Wildman–Crippen MR) is 168 cm³/mol. The lowest BCUT2D eigenvalue weighted by molar-refractivity contribution is 1.38. The zero-order valence-electron chi connectivity index (χ0n) is 21.8. The Hall–Kier alpha value is -5.34. The van der Waals surface area contributed by atoms with Crippen molar-refractivity contribution >= 4 is 43.4 Å². The van der Waals surface area contributed by atoms with E-state index in [1.807, 2.05) is 0 Å². The lowest BCUT2D eigenvalue weighted by atomic mass is 9.96. The van der Waals surface area contributed by atoms with Crippen LogP contribution in [0.4, 0.5) is 0 Å². The smallest absolute Gasteiger partial charge is 0.0715 e. The summed E-state index contributed by atoms with van der Waals surface area (Å²) in [6.07, 6.45) is 0. The second-order valence-electron chi connectivity index (χ2n) is 10.3. The molecule has 0 saturated heterocycles. The number of nitrogens with zero attached hydrogens (tertiary/aromatic N) is 2. The second-order valence-corrected chi connectivity index (χ2v) is 10.3. The van der Waals surface area contributed by atoms with Crippen molar-refractivity contribution < 1.29 is 0 Å².